The van der Waals surface area contributed by atoms with Gasteiger partial charge in [0.2, 0.25) is 0 Å². The van der Waals surface area contributed by atoms with E-state index in [1.54, 1.807) is 4.90 Å². The monoisotopic (exact) mass is 140 g/mol. The van der Waals surface area contributed by atoms with Crippen LogP contribution in [0, 0.1) is 0 Å². The summed E-state index contributed by atoms with van der Waals surface area (Å²) in [4.78, 5) is 12.6. The molecule has 0 aliphatic carbocycles. The van der Waals surface area contributed by atoms with Gasteiger partial charge in [0.15, 0.2) is 0 Å². The topological polar surface area (TPSA) is 32.3 Å². The van der Waals surface area contributed by atoms with Crippen LogP contribution < -0.4 is 5.32 Å². The molecular formula is C7H12N2O. The highest BCUT2D eigenvalue weighted by Crippen LogP contribution is 2.00. The highest BCUT2D eigenvalue weighted by molar-refractivity contribution is 5.77. The molecule has 0 spiro atoms. The number of allylic oxidation sites excluding steroid dienone is 1. The maximum absolute atomic E-state index is 10.9. The molecule has 2 amide bonds. The fourth-order valence-corrected chi connectivity index (χ4v) is 0.921. The van der Waals surface area contributed by atoms with Gasteiger partial charge in [-0.2, -0.15) is 0 Å². The Kier molecular flexibility index (Phi) is 1.94. The van der Waals surface area contributed by atoms with Gasteiger partial charge in [-0.1, -0.05) is 5.57 Å². The number of hydrogen-bond acceptors (Lipinski definition) is 1. The van der Waals surface area contributed by atoms with Gasteiger partial charge in [-0.3, -0.25) is 4.90 Å². The molecule has 1 aliphatic heterocycles. The van der Waals surface area contributed by atoms with Crippen molar-refractivity contribution < 1.29 is 4.79 Å². The summed E-state index contributed by atoms with van der Waals surface area (Å²) in [5.41, 5.74) is 1.15. The summed E-state index contributed by atoms with van der Waals surface area (Å²) in [5.74, 6) is 0. The number of carbonyl (C=O) groups is 1. The predicted octanol–water partition coefficient (Wildman–Crippen LogP) is 0.935. The molecule has 0 unspecified atom stereocenters. The van der Waals surface area contributed by atoms with Crippen LogP contribution in [0.3, 0.4) is 0 Å². The second-order valence-electron chi connectivity index (χ2n) is 2.63. The van der Waals surface area contributed by atoms with Gasteiger partial charge >= 0.3 is 6.03 Å². The Morgan fingerprint density at radius 2 is 2.40 bits per heavy atom. The molecule has 0 aromatic heterocycles. The first-order valence-corrected chi connectivity index (χ1v) is 3.39. The van der Waals surface area contributed by atoms with E-state index < -0.39 is 0 Å². The second-order valence-corrected chi connectivity index (χ2v) is 2.63. The number of urea groups is 1. The number of hydrogen-bond donors (Lipinski definition) is 1. The van der Waals surface area contributed by atoms with Crippen LogP contribution in [0.15, 0.2) is 11.8 Å². The fourth-order valence-electron chi connectivity index (χ4n) is 0.921. The van der Waals surface area contributed by atoms with Gasteiger partial charge in [-0.25, -0.2) is 4.79 Å². The zero-order valence-electron chi connectivity index (χ0n) is 6.35. The molecule has 0 radical (unpaired) electrons. The van der Waals surface area contributed by atoms with Crippen LogP contribution in [0.2, 0.25) is 0 Å². The summed E-state index contributed by atoms with van der Waals surface area (Å²) in [5, 5.41) is 2.72. The summed E-state index contributed by atoms with van der Waals surface area (Å²) in [6.07, 6.45) is 1.86. The molecule has 0 saturated carbocycles. The molecule has 10 heavy (non-hydrogen) atoms. The maximum atomic E-state index is 10.9. The summed E-state index contributed by atoms with van der Waals surface area (Å²) in [7, 11) is 0. The Labute approximate surface area is 60.7 Å². The van der Waals surface area contributed by atoms with Crippen molar-refractivity contribution in [3.05, 3.63) is 11.8 Å². The lowest BCUT2D eigenvalue weighted by Gasteiger charge is -2.07. The van der Waals surface area contributed by atoms with Crippen LogP contribution in [0.5, 0.6) is 0 Å². The third-order valence-corrected chi connectivity index (χ3v) is 1.30. The molecule has 0 atom stereocenters. The number of rotatable bonds is 1. The molecule has 1 rings (SSSR count). The molecule has 3 nitrogen and oxygen atoms in total. The van der Waals surface area contributed by atoms with Gasteiger partial charge in [-0.05, 0) is 13.8 Å². The van der Waals surface area contributed by atoms with E-state index in [9.17, 15) is 4.79 Å². The lowest BCUT2D eigenvalue weighted by atomic mass is 10.4. The summed E-state index contributed by atoms with van der Waals surface area (Å²) >= 11 is 0. The smallest absolute Gasteiger partial charge is 0.321 e. The molecule has 1 fully saturated rings. The Hall–Kier alpha value is -0.990. The number of carbonyl (C=O) groups excluding carboxylic acids is 1. The third kappa shape index (κ3) is 1.50. The van der Waals surface area contributed by atoms with Crippen LogP contribution in [-0.4, -0.2) is 24.0 Å². The largest absolute Gasteiger partial charge is 0.336 e. The van der Waals surface area contributed by atoms with E-state index in [0.717, 1.165) is 18.7 Å². The van der Waals surface area contributed by atoms with Crippen molar-refractivity contribution in [3.63, 3.8) is 0 Å². The number of amides is 2. The first-order valence-electron chi connectivity index (χ1n) is 3.39. The third-order valence-electron chi connectivity index (χ3n) is 1.30. The van der Waals surface area contributed by atoms with Gasteiger partial charge in [0.05, 0.1) is 0 Å². The van der Waals surface area contributed by atoms with E-state index in [1.807, 2.05) is 20.0 Å². The second kappa shape index (κ2) is 2.73. The Morgan fingerprint density at radius 1 is 1.70 bits per heavy atom. The molecule has 56 valence electrons. The molecule has 3 heteroatoms. The van der Waals surface area contributed by atoms with Gasteiger partial charge in [0, 0.05) is 19.3 Å². The van der Waals surface area contributed by atoms with Crippen LogP contribution in [0.4, 0.5) is 4.79 Å². The minimum Gasteiger partial charge on any atom is -0.336 e. The number of nitrogens with one attached hydrogen (secondary N) is 1. The molecule has 1 aliphatic rings. The summed E-state index contributed by atoms with van der Waals surface area (Å²) < 4.78 is 0. The average Bonchev–Trinajstić information content (AvgIpc) is 2.15. The SMILES string of the molecule is CC(C)=CN1CCNC1=O. The standard InChI is InChI=1S/C7H12N2O/c1-6(2)5-9-4-3-8-7(9)10/h5H,3-4H2,1-2H3,(H,8,10). The van der Waals surface area contributed by atoms with Gasteiger partial charge in [-0.15, -0.1) is 0 Å². The lowest BCUT2D eigenvalue weighted by Crippen LogP contribution is -2.23. The van der Waals surface area contributed by atoms with Crippen molar-refractivity contribution >= 4 is 6.03 Å². The highest BCUT2D eigenvalue weighted by Gasteiger charge is 2.16. The first kappa shape index (κ1) is 7.12. The van der Waals surface area contributed by atoms with Crippen LogP contribution in [-0.2, 0) is 0 Å². The predicted molar refractivity (Wildman–Crippen MR) is 39.5 cm³/mol. The number of nitrogens with zero attached hydrogens (tertiary/aromatic N) is 1. The van der Waals surface area contributed by atoms with E-state index in [4.69, 9.17) is 0 Å². The molecule has 1 N–H and O–H groups in total. The highest BCUT2D eigenvalue weighted by atomic mass is 16.2. The Balaban J connectivity index is 2.56. The van der Waals surface area contributed by atoms with Crippen molar-refractivity contribution in [2.24, 2.45) is 0 Å². The fraction of sp³-hybridized carbons (Fsp3) is 0.571. The molecule has 0 bridgehead atoms. The van der Waals surface area contributed by atoms with Gasteiger partial charge < -0.3 is 5.32 Å². The molecule has 1 heterocycles. The van der Waals surface area contributed by atoms with Crippen molar-refractivity contribution in [1.29, 1.82) is 0 Å². The normalized spacial score (nSPS) is 17.0. The van der Waals surface area contributed by atoms with Crippen LogP contribution in [0.25, 0.3) is 0 Å². The van der Waals surface area contributed by atoms with E-state index >= 15 is 0 Å². The van der Waals surface area contributed by atoms with E-state index in [2.05, 4.69) is 5.32 Å². The van der Waals surface area contributed by atoms with Crippen molar-refractivity contribution in [1.82, 2.24) is 10.2 Å². The average molecular weight is 140 g/mol. The minimum absolute atomic E-state index is 0.0150. The van der Waals surface area contributed by atoms with E-state index in [0.29, 0.717) is 0 Å². The van der Waals surface area contributed by atoms with Crippen LogP contribution in [0.1, 0.15) is 13.8 Å². The van der Waals surface area contributed by atoms with E-state index in [1.165, 1.54) is 0 Å². The minimum atomic E-state index is 0.0150. The zero-order chi connectivity index (χ0) is 7.56. The van der Waals surface area contributed by atoms with Crippen LogP contribution >= 0.6 is 0 Å². The van der Waals surface area contributed by atoms with E-state index in [-0.39, 0.29) is 6.03 Å². The zero-order valence-corrected chi connectivity index (χ0v) is 6.35. The Morgan fingerprint density at radius 3 is 2.80 bits per heavy atom. The lowest BCUT2D eigenvalue weighted by molar-refractivity contribution is 0.230. The maximum Gasteiger partial charge on any atom is 0.321 e. The molecule has 1 saturated heterocycles. The Bertz CT molecular complexity index is 170. The summed E-state index contributed by atoms with van der Waals surface area (Å²) in [6, 6.07) is 0.0150. The summed E-state index contributed by atoms with van der Waals surface area (Å²) in [6.45, 7) is 5.52. The molecule has 0 aromatic rings. The quantitative estimate of drug-likeness (QED) is 0.577. The van der Waals surface area contributed by atoms with Crippen molar-refractivity contribution in [3.8, 4) is 0 Å². The first-order chi connectivity index (χ1) is 4.70. The molecular weight excluding hydrogens is 128 g/mol. The van der Waals surface area contributed by atoms with Crippen molar-refractivity contribution in [2.75, 3.05) is 13.1 Å². The van der Waals surface area contributed by atoms with Crippen molar-refractivity contribution in [2.45, 2.75) is 13.8 Å². The van der Waals surface area contributed by atoms with Gasteiger partial charge in [0.1, 0.15) is 0 Å². The molecule has 0 aromatic carbocycles. The van der Waals surface area contributed by atoms with Gasteiger partial charge in [0.25, 0.3) is 0 Å².